The lowest BCUT2D eigenvalue weighted by molar-refractivity contribution is -0.137. The maximum Gasteiger partial charge on any atom is 0.243 e. The van der Waals surface area contributed by atoms with E-state index in [2.05, 4.69) is 100 Å². The van der Waals surface area contributed by atoms with Crippen LogP contribution in [0.1, 0.15) is 173 Å². The molecule has 0 radical (unpaired) electrons. The zero-order valence-corrected chi connectivity index (χ0v) is 80.0. The highest BCUT2D eigenvalue weighted by Gasteiger charge is 2.41. The number of para-hydroxylation sites is 3. The summed E-state index contributed by atoms with van der Waals surface area (Å²) in [6.07, 6.45) is 5.11. The number of H-pyrrole nitrogens is 3. The van der Waals surface area contributed by atoms with Gasteiger partial charge in [0.1, 0.15) is 90.3 Å². The minimum absolute atomic E-state index is 0.0109. The van der Waals surface area contributed by atoms with Gasteiger partial charge >= 0.3 is 0 Å². The Kier molecular flexibility index (Phi) is 41.6. The molecule has 0 saturated carbocycles. The smallest absolute Gasteiger partial charge is 0.243 e. The van der Waals surface area contributed by atoms with Crippen molar-refractivity contribution in [3.8, 4) is 5.75 Å². The molecule has 0 aliphatic carbocycles. The molecule has 0 spiro atoms. The van der Waals surface area contributed by atoms with Crippen LogP contribution >= 0.6 is 0 Å². The number of hydrogen-bond acceptors (Lipinski definition) is 18. The van der Waals surface area contributed by atoms with Crippen molar-refractivity contribution in [2.45, 2.75) is 261 Å². The molecule has 21 N–H and O–H groups in total. The Hall–Kier alpha value is -13.2. The molecule has 0 aliphatic rings. The predicted octanol–water partition coefficient (Wildman–Crippen LogP) is 3.60. The second-order valence-electron chi connectivity index (χ2n) is 37.5. The maximum absolute atomic E-state index is 15.4. The fourth-order valence-corrected chi connectivity index (χ4v) is 15.6. The van der Waals surface area contributed by atoms with Crippen molar-refractivity contribution in [3.05, 3.63) is 138 Å². The molecule has 134 heavy (non-hydrogen) atoms. The molecule has 0 fully saturated rings. The van der Waals surface area contributed by atoms with E-state index in [1.165, 1.54) is 38.1 Å². The predicted molar refractivity (Wildman–Crippen MR) is 508 cm³/mol. The molecule has 37 nitrogen and oxygen atoms in total. The van der Waals surface area contributed by atoms with Gasteiger partial charge in [0.05, 0.1) is 13.2 Å². The number of hydrogen-bond donors (Lipinski definition) is 21. The van der Waals surface area contributed by atoms with Gasteiger partial charge in [-0.05, 0) is 139 Å². The van der Waals surface area contributed by atoms with Gasteiger partial charge in [0.25, 0.3) is 0 Å². The second kappa shape index (κ2) is 51.7. The van der Waals surface area contributed by atoms with Crippen LogP contribution in [0.4, 0.5) is 0 Å². The van der Waals surface area contributed by atoms with Gasteiger partial charge in [-0.15, -0.1) is 0 Å². The molecule has 14 atom stereocenters. The van der Waals surface area contributed by atoms with Crippen molar-refractivity contribution >= 4 is 128 Å². The first-order valence-corrected chi connectivity index (χ1v) is 46.1. The third-order valence-electron chi connectivity index (χ3n) is 22.9. The van der Waals surface area contributed by atoms with Crippen LogP contribution < -0.4 is 85.1 Å². The van der Waals surface area contributed by atoms with Crippen molar-refractivity contribution in [1.29, 1.82) is 0 Å². The summed E-state index contributed by atoms with van der Waals surface area (Å²) in [5, 5.41) is 65.8. The van der Waals surface area contributed by atoms with Crippen molar-refractivity contribution in [2.24, 2.45) is 47.3 Å². The highest BCUT2D eigenvalue weighted by atomic mass is 16.3. The Balaban J connectivity index is 1.09. The Morgan fingerprint density at radius 3 is 0.948 bits per heavy atom. The average Bonchev–Trinajstić information content (AvgIpc) is 1.66. The summed E-state index contributed by atoms with van der Waals surface area (Å²) in [6.45, 7) is 29.5. The number of carbonyl (C=O) groups excluding carboxylic acids is 16. The summed E-state index contributed by atoms with van der Waals surface area (Å²) in [5.41, 5.74) is 4.58. The van der Waals surface area contributed by atoms with E-state index >= 15 is 28.8 Å². The molecule has 7 aromatic rings. The molecular formula is C97H139N19O18. The number of aromatic amines is 3. The number of phenolic OH excluding ortho intramolecular Hbond substituents is 1. The second-order valence-corrected chi connectivity index (χ2v) is 37.5. The van der Waals surface area contributed by atoms with E-state index in [-0.39, 0.29) is 99.9 Å². The van der Waals surface area contributed by atoms with Gasteiger partial charge in [0, 0.05) is 83.5 Å². The standard InChI is InChI=1S/C97H139N19O18/c1-50(2)37-71(106-84(121)58(17)104-79(120)48-102-94(131)80(54(9)10)103-49-118)87(124)105-59(18)85(122)114-82(56(13)14)96(133)116-83(57(15)16)97(134)115-81(55(11)12)95(132)113-78(44-63-47-101-70-30-24-21-27-67(63)70)93(130)109-72(38-51(3)4)88(125)110-75(41-60-31-33-64(119)34-32-60)91(128)107-74(40-53(7)8)90(127)112-77(43-62-46-100-69-29-23-20-26-66(62)69)92(129)108-73(39-52(5)6)89(126)111-76(86(123)98-35-36-117)42-61-45-99-68-28-22-19-25-65(61)68/h19-34,45-47,49-59,71-78,80-83,99-101,117,119H,35-44,48H2,1-18H3,(H,98,123)(H,102,131)(H,103,118)(H,104,120)(H,105,124)(H,106,121)(H,107,128)(H,108,129)(H,109,130)(H,110,125)(H,111,126)(H,112,127)(H,113,132)(H,114,122)(H,115,134)(H,116,133)/t58-,59-,71+,72+,73+,74+,75-,76-,77-,78-,80-,81+,82+,83-/m0/s1. The zero-order valence-electron chi connectivity index (χ0n) is 80.0. The van der Waals surface area contributed by atoms with Crippen LogP contribution in [0.2, 0.25) is 0 Å². The molecule has 3 heterocycles. The van der Waals surface area contributed by atoms with Crippen LogP contribution in [0.25, 0.3) is 32.7 Å². The number of aromatic nitrogens is 3. The fourth-order valence-electron chi connectivity index (χ4n) is 15.6. The van der Waals surface area contributed by atoms with Crippen LogP contribution in [0.15, 0.2) is 116 Å². The lowest BCUT2D eigenvalue weighted by atomic mass is 9.97. The molecule has 4 aromatic carbocycles. The molecule has 0 unspecified atom stereocenters. The number of nitrogens with one attached hydrogen (secondary N) is 19. The number of rotatable bonds is 53. The maximum atomic E-state index is 15.4. The van der Waals surface area contributed by atoms with Crippen LogP contribution in [-0.4, -0.2) is 224 Å². The van der Waals surface area contributed by atoms with Crippen molar-refractivity contribution in [3.63, 3.8) is 0 Å². The van der Waals surface area contributed by atoms with E-state index in [0.29, 0.717) is 34.0 Å². The minimum Gasteiger partial charge on any atom is -0.508 e. The van der Waals surface area contributed by atoms with Crippen LogP contribution in [-0.2, 0) is 102 Å². The highest BCUT2D eigenvalue weighted by molar-refractivity contribution is 6.02. The molecule has 0 bridgehead atoms. The Labute approximate surface area is 782 Å². The van der Waals surface area contributed by atoms with E-state index in [9.17, 15) is 58.2 Å². The lowest BCUT2D eigenvalue weighted by Gasteiger charge is -2.31. The zero-order chi connectivity index (χ0) is 99.1. The molecule has 37 heteroatoms. The molecule has 0 aliphatic heterocycles. The normalized spacial score (nSPS) is 14.7. The van der Waals surface area contributed by atoms with Crippen LogP contribution in [0.3, 0.4) is 0 Å². The third kappa shape index (κ3) is 32.6. The number of aromatic hydroxyl groups is 1. The summed E-state index contributed by atoms with van der Waals surface area (Å²) >= 11 is 0. The first kappa shape index (κ1) is 108. The van der Waals surface area contributed by atoms with Crippen molar-refractivity contribution < 1.29 is 86.9 Å². The van der Waals surface area contributed by atoms with Gasteiger partial charge in [-0.3, -0.25) is 76.7 Å². The van der Waals surface area contributed by atoms with Gasteiger partial charge in [-0.1, -0.05) is 178 Å². The highest BCUT2D eigenvalue weighted by Crippen LogP contribution is 2.25. The summed E-state index contributed by atoms with van der Waals surface area (Å²) in [4.78, 5) is 237. The van der Waals surface area contributed by atoms with Crippen molar-refractivity contribution in [2.75, 3.05) is 19.7 Å². The molecule has 3 aromatic heterocycles. The van der Waals surface area contributed by atoms with Crippen molar-refractivity contribution in [1.82, 2.24) is 100 Å². The number of aliphatic hydroxyl groups excluding tert-OH is 1. The van der Waals surface area contributed by atoms with Crippen LogP contribution in [0.5, 0.6) is 5.75 Å². The van der Waals surface area contributed by atoms with E-state index < -0.39 is 197 Å². The summed E-state index contributed by atoms with van der Waals surface area (Å²) in [7, 11) is 0. The number of carbonyl (C=O) groups is 16. The first-order chi connectivity index (χ1) is 63.4. The molecule has 7 rings (SSSR count). The number of phenols is 1. The van der Waals surface area contributed by atoms with Gasteiger partial charge in [0.15, 0.2) is 0 Å². The molecular weight excluding hydrogens is 1720 g/mol. The van der Waals surface area contributed by atoms with E-state index in [1.54, 1.807) is 114 Å². The Morgan fingerprint density at radius 1 is 0.306 bits per heavy atom. The van der Waals surface area contributed by atoms with Crippen LogP contribution in [0, 0.1) is 47.3 Å². The number of amides is 16. The Bertz CT molecular complexity index is 5190. The summed E-state index contributed by atoms with van der Waals surface area (Å²) in [6, 6.07) is 9.44. The average molecular weight is 1860 g/mol. The first-order valence-electron chi connectivity index (χ1n) is 46.1. The SMILES string of the molecule is CC(C)C[C@@H](NC(=O)[C@H](C)NC(=O)CNC(=O)[C@@H](NC=O)C(C)C)C(=O)N[C@@H](C)C(=O)N[C@@H](C(=O)N[C@H](C(=O)N[C@@H](C(=O)N[C@@H](Cc1c[nH]c2ccccc12)C(=O)N[C@H](CC(C)C)C(=O)N[C@@H](Cc1ccc(O)cc1)C(=O)N[C@H](CC(C)C)C(=O)N[C@@H](Cc1c[nH]c2ccccc12)C(=O)N[C@H](CC(C)C)C(=O)N[C@@H](Cc1c[nH]c2ccccc12)C(=O)NCCO)C(C)C)C(C)C)C(C)C. The van der Waals surface area contributed by atoms with E-state index in [4.69, 9.17) is 0 Å². The molecule has 16 amide bonds. The van der Waals surface area contributed by atoms with Gasteiger partial charge in [-0.2, -0.15) is 0 Å². The fraction of sp³-hybridized carbons (Fsp3) is 0.526. The third-order valence-corrected chi connectivity index (χ3v) is 22.9. The van der Waals surface area contributed by atoms with Gasteiger partial charge in [-0.25, -0.2) is 0 Å². The quantitative estimate of drug-likeness (QED) is 0.0242. The topological polar surface area (TPSA) is 553 Å². The lowest BCUT2D eigenvalue weighted by Crippen LogP contribution is -2.62. The summed E-state index contributed by atoms with van der Waals surface area (Å²) in [5.74, 6) is -15.0. The van der Waals surface area contributed by atoms with Gasteiger partial charge < -0.3 is 110 Å². The monoisotopic (exact) mass is 1860 g/mol. The molecule has 730 valence electrons. The Morgan fingerprint density at radius 2 is 0.597 bits per heavy atom. The number of benzene rings is 4. The summed E-state index contributed by atoms with van der Waals surface area (Å²) < 4.78 is 0. The number of fused-ring (bicyclic) bond motifs is 3. The largest absolute Gasteiger partial charge is 0.508 e. The van der Waals surface area contributed by atoms with E-state index in [1.807, 2.05) is 88.4 Å². The van der Waals surface area contributed by atoms with E-state index in [0.717, 1.165) is 27.4 Å². The minimum atomic E-state index is -1.52. The molecule has 0 saturated heterocycles. The van der Waals surface area contributed by atoms with Gasteiger partial charge in [0.2, 0.25) is 95.0 Å². The number of aliphatic hydroxyl groups is 1.